The summed E-state index contributed by atoms with van der Waals surface area (Å²) in [7, 11) is 0. The minimum Gasteiger partial charge on any atom is -0.119 e. The molecule has 0 radical (unpaired) electrons. The Morgan fingerprint density at radius 2 is 1.62 bits per heavy atom. The van der Waals surface area contributed by atoms with Crippen molar-refractivity contribution in [3.8, 4) is 0 Å². The molecule has 4 bridgehead atoms. The topological polar surface area (TPSA) is 0 Å². The molecule has 4 rings (SSSR count). The first-order valence-electron chi connectivity index (χ1n) is 5.45. The Labute approximate surface area is 93.5 Å². The lowest BCUT2D eigenvalue weighted by atomic mass is 9.67. The Morgan fingerprint density at radius 1 is 1.00 bits per heavy atom. The Kier molecular flexibility index (Phi) is 1.85. The van der Waals surface area contributed by atoms with Gasteiger partial charge in [0, 0.05) is 9.20 Å². The molecule has 0 nitrogen and oxygen atoms in total. The number of alkyl halides is 2. The number of hydrogen-bond acceptors (Lipinski definition) is 0. The maximum atomic E-state index is 6.67. The summed E-state index contributed by atoms with van der Waals surface area (Å²) in [4.78, 5) is 0.194. The minimum absolute atomic E-state index is 0.194. The maximum Gasteiger partial charge on any atom is 0.0452 e. The van der Waals surface area contributed by atoms with Gasteiger partial charge in [0.15, 0.2) is 0 Å². The van der Waals surface area contributed by atoms with Crippen LogP contribution in [0, 0.1) is 11.8 Å². The van der Waals surface area contributed by atoms with Gasteiger partial charge in [-0.3, -0.25) is 0 Å². The monoisotopic (exact) mass is 262 g/mol. The summed E-state index contributed by atoms with van der Waals surface area (Å²) in [6.07, 6.45) is 9.37. The summed E-state index contributed by atoms with van der Waals surface area (Å²) in [5.41, 5.74) is 0. The second-order valence-corrected chi connectivity index (χ2v) is 8.07. The lowest BCUT2D eigenvalue weighted by Crippen LogP contribution is -2.38. The van der Waals surface area contributed by atoms with Gasteiger partial charge in [-0.25, -0.2) is 0 Å². The zero-order valence-corrected chi connectivity index (χ0v) is 10.2. The molecule has 2 heteroatoms. The first-order chi connectivity index (χ1) is 6.07. The van der Waals surface area contributed by atoms with Crippen LogP contribution >= 0.6 is 27.5 Å². The Balaban J connectivity index is 1.98. The molecule has 0 aliphatic heterocycles. The number of hydrogen-bond donors (Lipinski definition) is 0. The van der Waals surface area contributed by atoms with Gasteiger partial charge in [-0.1, -0.05) is 15.9 Å². The van der Waals surface area contributed by atoms with E-state index < -0.39 is 0 Å². The lowest BCUT2D eigenvalue weighted by Gasteiger charge is -2.44. The molecule has 4 aliphatic carbocycles. The van der Waals surface area contributed by atoms with Crippen LogP contribution < -0.4 is 0 Å². The van der Waals surface area contributed by atoms with Crippen LogP contribution in [0.1, 0.15) is 44.9 Å². The van der Waals surface area contributed by atoms with E-state index in [1.54, 1.807) is 0 Å². The van der Waals surface area contributed by atoms with E-state index in [1.807, 2.05) is 0 Å². The highest BCUT2D eigenvalue weighted by atomic mass is 79.9. The van der Waals surface area contributed by atoms with Crippen LogP contribution in [-0.4, -0.2) is 9.20 Å². The summed E-state index contributed by atoms with van der Waals surface area (Å²) in [6.45, 7) is 0. The molecule has 4 atom stereocenters. The molecule has 0 spiro atoms. The van der Waals surface area contributed by atoms with Crippen molar-refractivity contribution in [2.75, 3.05) is 0 Å². The van der Waals surface area contributed by atoms with Gasteiger partial charge in [0.05, 0.1) is 0 Å². The molecule has 74 valence electrons. The van der Waals surface area contributed by atoms with Crippen molar-refractivity contribution in [2.45, 2.75) is 54.1 Å². The Hall–Kier alpha value is 0.770. The van der Waals surface area contributed by atoms with E-state index in [0.717, 1.165) is 11.8 Å². The summed E-state index contributed by atoms with van der Waals surface area (Å²) < 4.78 is 0.480. The first-order valence-corrected chi connectivity index (χ1v) is 6.62. The van der Waals surface area contributed by atoms with Gasteiger partial charge >= 0.3 is 0 Å². The standard InChI is InChI=1S/C11H16BrCl/c12-10-1-2-11(13)6-8(4-10)3-9(5-10)7-11/h8-9H,1-7H2/t8-,9+,10?,11?. The van der Waals surface area contributed by atoms with Crippen molar-refractivity contribution in [3.63, 3.8) is 0 Å². The zero-order valence-electron chi connectivity index (χ0n) is 7.86. The van der Waals surface area contributed by atoms with Gasteiger partial charge in [0.1, 0.15) is 0 Å². The van der Waals surface area contributed by atoms with Gasteiger partial charge in [0.25, 0.3) is 0 Å². The third kappa shape index (κ3) is 1.47. The third-order valence-electron chi connectivity index (χ3n) is 4.31. The molecule has 0 heterocycles. The molecule has 4 aliphatic rings. The van der Waals surface area contributed by atoms with E-state index in [2.05, 4.69) is 15.9 Å². The van der Waals surface area contributed by atoms with E-state index in [1.165, 1.54) is 44.9 Å². The molecule has 4 fully saturated rings. The fourth-order valence-corrected chi connectivity index (χ4v) is 5.69. The van der Waals surface area contributed by atoms with Crippen LogP contribution in [0.3, 0.4) is 0 Å². The van der Waals surface area contributed by atoms with E-state index in [9.17, 15) is 0 Å². The van der Waals surface area contributed by atoms with Crippen molar-refractivity contribution < 1.29 is 0 Å². The summed E-state index contributed by atoms with van der Waals surface area (Å²) in [6, 6.07) is 0. The predicted molar refractivity (Wildman–Crippen MR) is 59.5 cm³/mol. The van der Waals surface area contributed by atoms with E-state index in [-0.39, 0.29) is 4.87 Å². The van der Waals surface area contributed by atoms with E-state index in [4.69, 9.17) is 11.6 Å². The summed E-state index contributed by atoms with van der Waals surface area (Å²) in [5, 5.41) is 0. The van der Waals surface area contributed by atoms with Crippen LogP contribution in [0.15, 0.2) is 0 Å². The summed E-state index contributed by atoms with van der Waals surface area (Å²) >= 11 is 10.6. The number of halogens is 2. The van der Waals surface area contributed by atoms with Crippen LogP contribution in [0.2, 0.25) is 0 Å². The van der Waals surface area contributed by atoms with Gasteiger partial charge in [0.2, 0.25) is 0 Å². The fourth-order valence-electron chi connectivity index (χ4n) is 4.04. The molecular formula is C11H16BrCl. The van der Waals surface area contributed by atoms with Crippen molar-refractivity contribution in [1.82, 2.24) is 0 Å². The van der Waals surface area contributed by atoms with Crippen molar-refractivity contribution in [2.24, 2.45) is 11.8 Å². The molecule has 0 aromatic rings. The molecule has 4 saturated carbocycles. The normalized spacial score (nSPS) is 59.5. The van der Waals surface area contributed by atoms with Crippen LogP contribution in [0.5, 0.6) is 0 Å². The van der Waals surface area contributed by atoms with Crippen molar-refractivity contribution in [3.05, 3.63) is 0 Å². The predicted octanol–water partition coefficient (Wildman–Crippen LogP) is 4.10. The second-order valence-electron chi connectivity index (χ2n) is 5.59. The summed E-state index contributed by atoms with van der Waals surface area (Å²) in [5.74, 6) is 1.85. The second kappa shape index (κ2) is 2.66. The van der Waals surface area contributed by atoms with Gasteiger partial charge in [-0.05, 0) is 56.8 Å². The fraction of sp³-hybridized carbons (Fsp3) is 1.00. The average molecular weight is 264 g/mol. The maximum absolute atomic E-state index is 6.67. The van der Waals surface area contributed by atoms with Crippen LogP contribution in [-0.2, 0) is 0 Å². The molecule has 0 saturated heterocycles. The molecule has 0 aromatic heterocycles. The molecule has 2 unspecified atom stereocenters. The van der Waals surface area contributed by atoms with Crippen molar-refractivity contribution in [1.29, 1.82) is 0 Å². The highest BCUT2D eigenvalue weighted by Crippen LogP contribution is 2.59. The molecule has 13 heavy (non-hydrogen) atoms. The Bertz CT molecular complexity index is 202. The van der Waals surface area contributed by atoms with E-state index in [0.29, 0.717) is 4.32 Å². The average Bonchev–Trinajstić information content (AvgIpc) is 2.11. The van der Waals surface area contributed by atoms with Gasteiger partial charge in [-0.2, -0.15) is 0 Å². The number of rotatable bonds is 0. The highest BCUT2D eigenvalue weighted by molar-refractivity contribution is 9.10. The lowest BCUT2D eigenvalue weighted by molar-refractivity contribution is 0.159. The Morgan fingerprint density at radius 3 is 2.23 bits per heavy atom. The molecule has 0 aromatic carbocycles. The highest BCUT2D eigenvalue weighted by Gasteiger charge is 2.51. The third-order valence-corrected chi connectivity index (χ3v) is 5.85. The van der Waals surface area contributed by atoms with Gasteiger partial charge in [-0.15, -0.1) is 11.6 Å². The minimum atomic E-state index is 0.194. The van der Waals surface area contributed by atoms with Gasteiger partial charge < -0.3 is 0 Å². The number of fused-ring (bicyclic) bond motifs is 1. The van der Waals surface area contributed by atoms with Crippen molar-refractivity contribution >= 4 is 27.5 Å². The zero-order chi connectivity index (χ0) is 9.10. The molecule has 0 amide bonds. The van der Waals surface area contributed by atoms with Crippen LogP contribution in [0.25, 0.3) is 0 Å². The van der Waals surface area contributed by atoms with Crippen LogP contribution in [0.4, 0.5) is 0 Å². The SMILES string of the molecule is ClC12CCC3(Br)C[C@H](C[C@@H](C1)C3)C2. The first kappa shape index (κ1) is 9.03. The quantitative estimate of drug-likeness (QED) is 0.577. The molecule has 0 N–H and O–H groups in total. The van der Waals surface area contributed by atoms with E-state index >= 15 is 0 Å². The largest absolute Gasteiger partial charge is 0.119 e. The smallest absolute Gasteiger partial charge is 0.0452 e. The molecular weight excluding hydrogens is 247 g/mol.